The van der Waals surface area contributed by atoms with Crippen LogP contribution in [0.2, 0.25) is 0 Å². The second-order valence-electron chi connectivity index (χ2n) is 4.43. The van der Waals surface area contributed by atoms with Crippen molar-refractivity contribution < 1.29 is 9.13 Å². The fourth-order valence-electron chi connectivity index (χ4n) is 1.80. The molecule has 0 saturated carbocycles. The van der Waals surface area contributed by atoms with Gasteiger partial charge < -0.3 is 10.5 Å². The van der Waals surface area contributed by atoms with Crippen LogP contribution in [0.1, 0.15) is 16.7 Å². The first kappa shape index (κ1) is 14.1. The maximum absolute atomic E-state index is 13.7. The summed E-state index contributed by atoms with van der Waals surface area (Å²) in [4.78, 5) is 0. The zero-order valence-electron chi connectivity index (χ0n) is 11.3. The van der Waals surface area contributed by atoms with E-state index in [1.54, 1.807) is 12.1 Å². The molecular formula is C17H16FNO. The smallest absolute Gasteiger partial charge is 0.142 e. The number of nitrogens with two attached hydrogens (primary N) is 1. The highest BCUT2D eigenvalue weighted by Gasteiger charge is 2.02. The Hall–Kier alpha value is -2.31. The van der Waals surface area contributed by atoms with E-state index >= 15 is 0 Å². The molecule has 102 valence electrons. The van der Waals surface area contributed by atoms with Crippen molar-refractivity contribution in [3.8, 4) is 17.6 Å². The van der Waals surface area contributed by atoms with Gasteiger partial charge in [-0.3, -0.25) is 0 Å². The van der Waals surface area contributed by atoms with E-state index in [1.165, 1.54) is 11.6 Å². The second kappa shape index (κ2) is 6.74. The molecule has 3 heteroatoms. The molecule has 0 fully saturated rings. The summed E-state index contributed by atoms with van der Waals surface area (Å²) in [6.07, 6.45) is 0. The van der Waals surface area contributed by atoms with Crippen molar-refractivity contribution in [2.75, 3.05) is 6.54 Å². The molecule has 20 heavy (non-hydrogen) atoms. The molecule has 0 aromatic heterocycles. The molecule has 0 bridgehead atoms. The molecule has 2 aromatic rings. The molecule has 0 aliphatic carbocycles. The van der Waals surface area contributed by atoms with Crippen LogP contribution in [-0.2, 0) is 6.61 Å². The van der Waals surface area contributed by atoms with E-state index in [4.69, 9.17) is 10.5 Å². The fraction of sp³-hybridized carbons (Fsp3) is 0.176. The van der Waals surface area contributed by atoms with Crippen LogP contribution < -0.4 is 10.5 Å². The highest BCUT2D eigenvalue weighted by molar-refractivity contribution is 5.40. The average Bonchev–Trinajstić information content (AvgIpc) is 2.44. The topological polar surface area (TPSA) is 35.2 Å². The summed E-state index contributed by atoms with van der Waals surface area (Å²) >= 11 is 0. The van der Waals surface area contributed by atoms with Crippen LogP contribution in [0.3, 0.4) is 0 Å². The highest BCUT2D eigenvalue weighted by Crippen LogP contribution is 2.17. The van der Waals surface area contributed by atoms with Crippen molar-refractivity contribution in [3.63, 3.8) is 0 Å². The van der Waals surface area contributed by atoms with Gasteiger partial charge in [-0.2, -0.15) is 0 Å². The first-order chi connectivity index (χ1) is 9.69. The van der Waals surface area contributed by atoms with Crippen molar-refractivity contribution in [2.24, 2.45) is 5.73 Å². The summed E-state index contributed by atoms with van der Waals surface area (Å²) in [7, 11) is 0. The molecule has 2 N–H and O–H groups in total. The summed E-state index contributed by atoms with van der Waals surface area (Å²) in [6.45, 7) is 2.65. The molecule has 0 aliphatic heterocycles. The Morgan fingerprint density at radius 2 is 2.05 bits per heavy atom. The number of hydrogen-bond donors (Lipinski definition) is 1. The van der Waals surface area contributed by atoms with E-state index in [1.807, 2.05) is 31.2 Å². The molecule has 2 rings (SSSR count). The number of aryl methyl sites for hydroxylation is 1. The zero-order chi connectivity index (χ0) is 14.4. The molecular weight excluding hydrogens is 253 g/mol. The third kappa shape index (κ3) is 3.84. The van der Waals surface area contributed by atoms with E-state index in [0.29, 0.717) is 17.9 Å². The highest BCUT2D eigenvalue weighted by atomic mass is 19.1. The lowest BCUT2D eigenvalue weighted by Crippen LogP contribution is -1.97. The van der Waals surface area contributed by atoms with E-state index in [9.17, 15) is 4.39 Å². The molecule has 0 unspecified atom stereocenters. The third-order valence-electron chi connectivity index (χ3n) is 2.75. The predicted octanol–water partition coefficient (Wildman–Crippen LogP) is 3.02. The zero-order valence-corrected chi connectivity index (χ0v) is 11.3. The normalized spacial score (nSPS) is 9.75. The van der Waals surface area contributed by atoms with Gasteiger partial charge in [0.2, 0.25) is 0 Å². The first-order valence-corrected chi connectivity index (χ1v) is 6.36. The molecule has 2 aromatic carbocycles. The van der Waals surface area contributed by atoms with Gasteiger partial charge in [-0.15, -0.1) is 0 Å². The third-order valence-corrected chi connectivity index (χ3v) is 2.75. The lowest BCUT2D eigenvalue weighted by atomic mass is 10.1. The summed E-state index contributed by atoms with van der Waals surface area (Å²) in [5, 5.41) is 0. The van der Waals surface area contributed by atoms with E-state index < -0.39 is 5.82 Å². The van der Waals surface area contributed by atoms with Gasteiger partial charge in [-0.25, -0.2) is 4.39 Å². The van der Waals surface area contributed by atoms with Gasteiger partial charge in [-0.1, -0.05) is 41.7 Å². The maximum Gasteiger partial charge on any atom is 0.142 e. The van der Waals surface area contributed by atoms with Crippen molar-refractivity contribution in [2.45, 2.75) is 13.5 Å². The molecule has 0 saturated heterocycles. The molecule has 0 spiro atoms. The molecule has 0 aliphatic rings. The average molecular weight is 269 g/mol. The summed E-state index contributed by atoms with van der Waals surface area (Å²) in [6, 6.07) is 12.7. The van der Waals surface area contributed by atoms with Crippen LogP contribution in [0.25, 0.3) is 0 Å². The molecule has 0 amide bonds. The Bertz CT molecular complexity index is 656. The quantitative estimate of drug-likeness (QED) is 0.869. The minimum Gasteiger partial charge on any atom is -0.489 e. The summed E-state index contributed by atoms with van der Waals surface area (Å²) < 4.78 is 19.3. The number of benzene rings is 2. The van der Waals surface area contributed by atoms with Crippen molar-refractivity contribution in [1.82, 2.24) is 0 Å². The number of ether oxygens (including phenoxy) is 1. The standard InChI is InChI=1S/C17H16FNO/c1-13-4-2-5-14(10-13)12-20-16-8-7-15(6-3-9-19)17(18)11-16/h2,4-5,7-8,10-11H,9,12,19H2,1H3. The monoisotopic (exact) mass is 269 g/mol. The molecule has 2 nitrogen and oxygen atoms in total. The minimum absolute atomic E-state index is 0.213. The summed E-state index contributed by atoms with van der Waals surface area (Å²) in [5.74, 6) is 5.39. The lowest BCUT2D eigenvalue weighted by Gasteiger charge is -2.07. The van der Waals surface area contributed by atoms with Gasteiger partial charge in [0.1, 0.15) is 18.2 Å². The van der Waals surface area contributed by atoms with Gasteiger partial charge in [0.25, 0.3) is 0 Å². The Morgan fingerprint density at radius 1 is 1.20 bits per heavy atom. The fourth-order valence-corrected chi connectivity index (χ4v) is 1.80. The Labute approximate surface area is 118 Å². The Kier molecular flexibility index (Phi) is 4.75. The van der Waals surface area contributed by atoms with Crippen molar-refractivity contribution in [3.05, 3.63) is 65.0 Å². The van der Waals surface area contributed by atoms with Crippen LogP contribution >= 0.6 is 0 Å². The largest absolute Gasteiger partial charge is 0.489 e. The van der Waals surface area contributed by atoms with Crippen molar-refractivity contribution in [1.29, 1.82) is 0 Å². The van der Waals surface area contributed by atoms with Crippen LogP contribution in [-0.4, -0.2) is 6.54 Å². The van der Waals surface area contributed by atoms with E-state index in [0.717, 1.165) is 5.56 Å². The van der Waals surface area contributed by atoms with Gasteiger partial charge >= 0.3 is 0 Å². The molecule has 0 radical (unpaired) electrons. The van der Waals surface area contributed by atoms with E-state index in [-0.39, 0.29) is 6.54 Å². The van der Waals surface area contributed by atoms with Gasteiger partial charge in [0.15, 0.2) is 0 Å². The second-order valence-corrected chi connectivity index (χ2v) is 4.43. The van der Waals surface area contributed by atoms with Crippen LogP contribution in [0.5, 0.6) is 5.75 Å². The van der Waals surface area contributed by atoms with Crippen LogP contribution in [0.15, 0.2) is 42.5 Å². The van der Waals surface area contributed by atoms with Gasteiger partial charge in [0.05, 0.1) is 12.1 Å². The number of halogens is 1. The van der Waals surface area contributed by atoms with E-state index in [2.05, 4.69) is 11.8 Å². The Morgan fingerprint density at radius 3 is 2.75 bits per heavy atom. The lowest BCUT2D eigenvalue weighted by molar-refractivity contribution is 0.304. The van der Waals surface area contributed by atoms with Crippen LogP contribution in [0.4, 0.5) is 4.39 Å². The van der Waals surface area contributed by atoms with Gasteiger partial charge in [-0.05, 0) is 24.6 Å². The minimum atomic E-state index is -0.396. The number of hydrogen-bond acceptors (Lipinski definition) is 2. The molecule has 0 atom stereocenters. The molecule has 0 heterocycles. The first-order valence-electron chi connectivity index (χ1n) is 6.36. The van der Waals surface area contributed by atoms with Crippen molar-refractivity contribution >= 4 is 0 Å². The number of rotatable bonds is 3. The summed E-state index contributed by atoms with van der Waals surface area (Å²) in [5.41, 5.74) is 7.82. The predicted molar refractivity (Wildman–Crippen MR) is 77.8 cm³/mol. The Balaban J connectivity index is 2.05. The van der Waals surface area contributed by atoms with Gasteiger partial charge in [0, 0.05) is 6.07 Å². The SMILES string of the molecule is Cc1cccc(COc2ccc(C#CCN)c(F)c2)c1. The maximum atomic E-state index is 13.7. The van der Waals surface area contributed by atoms with Crippen LogP contribution in [0, 0.1) is 24.6 Å².